The summed E-state index contributed by atoms with van der Waals surface area (Å²) in [6, 6.07) is 3.94. The summed E-state index contributed by atoms with van der Waals surface area (Å²) in [5.41, 5.74) is 7.79. The number of halogens is 1. The maximum absolute atomic E-state index is 5.98. The van der Waals surface area contributed by atoms with Gasteiger partial charge < -0.3 is 10.5 Å². The molecule has 0 amide bonds. The van der Waals surface area contributed by atoms with Crippen molar-refractivity contribution in [2.24, 2.45) is 0 Å². The number of hydrogen-bond acceptors (Lipinski definition) is 2. The van der Waals surface area contributed by atoms with E-state index in [1.807, 2.05) is 19.1 Å². The smallest absolute Gasteiger partial charge is 0.145 e. The summed E-state index contributed by atoms with van der Waals surface area (Å²) in [4.78, 5) is 0. The molecule has 0 atom stereocenters. The average molecular weight is 342 g/mol. The third-order valence-corrected chi connectivity index (χ3v) is 3.97. The Balaban J connectivity index is 2.13. The van der Waals surface area contributed by atoms with Crippen molar-refractivity contribution in [3.63, 3.8) is 0 Å². The summed E-state index contributed by atoms with van der Waals surface area (Å²) in [5.74, 6) is 0.844. The third-order valence-electron chi connectivity index (χ3n) is 3.51. The Labute approximate surface area is 132 Å². The van der Waals surface area contributed by atoms with Crippen LogP contribution in [0.2, 0.25) is 0 Å². The quantitative estimate of drug-likeness (QED) is 0.427. The molecule has 0 heterocycles. The van der Waals surface area contributed by atoms with Crippen LogP contribution in [0, 0.1) is 6.92 Å². The summed E-state index contributed by atoms with van der Waals surface area (Å²) in [5, 5.41) is 0. The van der Waals surface area contributed by atoms with Gasteiger partial charge in [0.2, 0.25) is 0 Å². The maximum Gasteiger partial charge on any atom is 0.145 e. The SMILES string of the molecule is CCCCCCCCCCOc1c(C)cc(Br)cc1N. The van der Waals surface area contributed by atoms with E-state index in [4.69, 9.17) is 10.5 Å². The van der Waals surface area contributed by atoms with Gasteiger partial charge in [-0.3, -0.25) is 0 Å². The van der Waals surface area contributed by atoms with E-state index in [1.165, 1.54) is 44.9 Å². The molecule has 1 rings (SSSR count). The molecule has 1 aromatic carbocycles. The van der Waals surface area contributed by atoms with Gasteiger partial charge in [-0.25, -0.2) is 0 Å². The third kappa shape index (κ3) is 6.65. The maximum atomic E-state index is 5.98. The lowest BCUT2D eigenvalue weighted by atomic mass is 10.1. The lowest BCUT2D eigenvalue weighted by Gasteiger charge is -2.12. The number of unbranched alkanes of at least 4 members (excludes halogenated alkanes) is 7. The molecule has 0 aromatic heterocycles. The van der Waals surface area contributed by atoms with Crippen LogP contribution in [0.5, 0.6) is 5.75 Å². The Morgan fingerprint density at radius 2 is 1.60 bits per heavy atom. The number of ether oxygens (including phenoxy) is 1. The van der Waals surface area contributed by atoms with Crippen LogP contribution in [0.3, 0.4) is 0 Å². The Hall–Kier alpha value is -0.700. The predicted molar refractivity (Wildman–Crippen MR) is 91.4 cm³/mol. The van der Waals surface area contributed by atoms with E-state index >= 15 is 0 Å². The standard InChI is InChI=1S/C17H28BrNO/c1-3-4-5-6-7-8-9-10-11-20-17-14(2)12-15(18)13-16(17)19/h12-13H,3-11,19H2,1-2H3. The molecule has 0 aliphatic carbocycles. The Morgan fingerprint density at radius 1 is 1.00 bits per heavy atom. The first kappa shape index (κ1) is 17.4. The number of nitrogens with two attached hydrogens (primary N) is 1. The number of anilines is 1. The first-order valence-corrected chi connectivity index (χ1v) is 8.63. The van der Waals surface area contributed by atoms with Gasteiger partial charge >= 0.3 is 0 Å². The largest absolute Gasteiger partial charge is 0.491 e. The van der Waals surface area contributed by atoms with Crippen molar-refractivity contribution in [1.29, 1.82) is 0 Å². The van der Waals surface area contributed by atoms with Crippen molar-refractivity contribution in [3.05, 3.63) is 22.2 Å². The molecule has 0 saturated carbocycles. The molecule has 0 fully saturated rings. The van der Waals surface area contributed by atoms with E-state index < -0.39 is 0 Å². The first-order chi connectivity index (χ1) is 9.65. The second kappa shape index (κ2) is 10.1. The molecule has 0 unspecified atom stereocenters. The van der Waals surface area contributed by atoms with E-state index in [0.717, 1.165) is 34.5 Å². The number of hydrogen-bond donors (Lipinski definition) is 1. The molecule has 0 aliphatic heterocycles. The van der Waals surface area contributed by atoms with E-state index in [1.54, 1.807) is 0 Å². The molecule has 0 bridgehead atoms. The first-order valence-electron chi connectivity index (χ1n) is 7.83. The number of rotatable bonds is 10. The highest BCUT2D eigenvalue weighted by atomic mass is 79.9. The number of benzene rings is 1. The van der Waals surface area contributed by atoms with Crippen LogP contribution in [0.4, 0.5) is 5.69 Å². The highest BCUT2D eigenvalue weighted by molar-refractivity contribution is 9.10. The molecule has 1 aromatic rings. The fourth-order valence-corrected chi connectivity index (χ4v) is 2.95. The van der Waals surface area contributed by atoms with E-state index in [2.05, 4.69) is 22.9 Å². The minimum atomic E-state index is 0.719. The molecule has 3 heteroatoms. The van der Waals surface area contributed by atoms with Gasteiger partial charge in [-0.1, -0.05) is 67.8 Å². The van der Waals surface area contributed by atoms with Crippen molar-refractivity contribution in [2.75, 3.05) is 12.3 Å². The predicted octanol–water partition coefficient (Wildman–Crippen LogP) is 5.86. The molecule has 2 nitrogen and oxygen atoms in total. The Morgan fingerprint density at radius 3 is 2.20 bits per heavy atom. The van der Waals surface area contributed by atoms with E-state index in [0.29, 0.717) is 0 Å². The van der Waals surface area contributed by atoms with Crippen LogP contribution in [-0.4, -0.2) is 6.61 Å². The summed E-state index contributed by atoms with van der Waals surface area (Å²) >= 11 is 3.44. The summed E-state index contributed by atoms with van der Waals surface area (Å²) in [6.07, 6.45) is 10.5. The van der Waals surface area contributed by atoms with E-state index in [-0.39, 0.29) is 0 Å². The van der Waals surface area contributed by atoms with Crippen LogP contribution in [0.25, 0.3) is 0 Å². The highest BCUT2D eigenvalue weighted by Gasteiger charge is 2.05. The van der Waals surface area contributed by atoms with Gasteiger partial charge in [0.25, 0.3) is 0 Å². The molecule has 0 saturated heterocycles. The summed E-state index contributed by atoms with van der Waals surface area (Å²) < 4.78 is 6.83. The van der Waals surface area contributed by atoms with Crippen LogP contribution < -0.4 is 10.5 Å². The fourth-order valence-electron chi connectivity index (χ4n) is 2.36. The van der Waals surface area contributed by atoms with Gasteiger partial charge in [0.1, 0.15) is 5.75 Å². The minimum absolute atomic E-state index is 0.719. The normalized spacial score (nSPS) is 10.8. The van der Waals surface area contributed by atoms with Crippen molar-refractivity contribution >= 4 is 21.6 Å². The minimum Gasteiger partial charge on any atom is -0.491 e. The fraction of sp³-hybridized carbons (Fsp3) is 0.647. The zero-order valence-corrected chi connectivity index (χ0v) is 14.5. The lowest BCUT2D eigenvalue weighted by molar-refractivity contribution is 0.304. The lowest BCUT2D eigenvalue weighted by Crippen LogP contribution is -2.02. The molecular weight excluding hydrogens is 314 g/mol. The topological polar surface area (TPSA) is 35.2 Å². The second-order valence-corrected chi connectivity index (χ2v) is 6.38. The molecule has 2 N–H and O–H groups in total. The molecule has 0 radical (unpaired) electrons. The van der Waals surface area contributed by atoms with Gasteiger partial charge in [0.15, 0.2) is 0 Å². The van der Waals surface area contributed by atoms with Crippen molar-refractivity contribution < 1.29 is 4.74 Å². The van der Waals surface area contributed by atoms with Gasteiger partial charge in [-0.15, -0.1) is 0 Å². The average Bonchev–Trinajstić information content (AvgIpc) is 2.39. The van der Waals surface area contributed by atoms with Crippen LogP contribution in [-0.2, 0) is 0 Å². The molecule has 0 spiro atoms. The van der Waals surface area contributed by atoms with Crippen LogP contribution in [0.15, 0.2) is 16.6 Å². The van der Waals surface area contributed by atoms with Crippen molar-refractivity contribution in [2.45, 2.75) is 65.2 Å². The number of aryl methyl sites for hydroxylation is 1. The zero-order valence-electron chi connectivity index (χ0n) is 12.9. The zero-order chi connectivity index (χ0) is 14.8. The van der Waals surface area contributed by atoms with Gasteiger partial charge in [-0.2, -0.15) is 0 Å². The summed E-state index contributed by atoms with van der Waals surface area (Å²) in [7, 11) is 0. The number of nitrogen functional groups attached to an aromatic ring is 1. The van der Waals surface area contributed by atoms with Crippen molar-refractivity contribution in [1.82, 2.24) is 0 Å². The second-order valence-electron chi connectivity index (χ2n) is 5.46. The van der Waals surface area contributed by atoms with E-state index in [9.17, 15) is 0 Å². The van der Waals surface area contributed by atoms with Crippen LogP contribution >= 0.6 is 15.9 Å². The Bertz CT molecular complexity index is 370. The highest BCUT2D eigenvalue weighted by Crippen LogP contribution is 2.30. The van der Waals surface area contributed by atoms with Crippen molar-refractivity contribution in [3.8, 4) is 5.75 Å². The molecule has 20 heavy (non-hydrogen) atoms. The molecule has 114 valence electrons. The van der Waals surface area contributed by atoms with Crippen LogP contribution in [0.1, 0.15) is 63.9 Å². The monoisotopic (exact) mass is 341 g/mol. The molecular formula is C17H28BrNO. The Kier molecular flexibility index (Phi) is 8.75. The molecule has 0 aliphatic rings. The van der Waals surface area contributed by atoms with Gasteiger partial charge in [0, 0.05) is 4.47 Å². The van der Waals surface area contributed by atoms with Gasteiger partial charge in [-0.05, 0) is 31.0 Å². The van der Waals surface area contributed by atoms with Gasteiger partial charge in [0.05, 0.1) is 12.3 Å². The summed E-state index contributed by atoms with van der Waals surface area (Å²) in [6.45, 7) is 5.05.